The summed E-state index contributed by atoms with van der Waals surface area (Å²) < 4.78 is 0. The van der Waals surface area contributed by atoms with Crippen LogP contribution < -0.4 is 4.90 Å². The normalized spacial score (nSPS) is 11.0. The van der Waals surface area contributed by atoms with Crippen molar-refractivity contribution in [3.8, 4) is 0 Å². The molecular weight excluding hydrogens is 254 g/mol. The zero-order valence-corrected chi connectivity index (χ0v) is 11.7. The van der Waals surface area contributed by atoms with Crippen molar-refractivity contribution in [2.24, 2.45) is 0 Å². The predicted octanol–water partition coefficient (Wildman–Crippen LogP) is 3.97. The lowest BCUT2D eigenvalue weighted by Crippen LogP contribution is -2.25. The molecule has 0 aliphatic carbocycles. The molecule has 0 aliphatic heterocycles. The van der Waals surface area contributed by atoms with Gasteiger partial charge in [0.2, 0.25) is 5.28 Å². The van der Waals surface area contributed by atoms with Crippen LogP contribution in [-0.2, 0) is 0 Å². The number of hydrogen-bond donors (Lipinski definition) is 0. The highest BCUT2D eigenvalue weighted by atomic mass is 35.5. The molecule has 0 saturated heterocycles. The van der Waals surface area contributed by atoms with Crippen LogP contribution >= 0.6 is 22.9 Å². The van der Waals surface area contributed by atoms with Crippen LogP contribution in [0.15, 0.2) is 11.4 Å². The van der Waals surface area contributed by atoms with Crippen molar-refractivity contribution in [3.63, 3.8) is 0 Å². The van der Waals surface area contributed by atoms with Gasteiger partial charge in [0.15, 0.2) is 0 Å². The second-order valence-electron chi connectivity index (χ2n) is 3.89. The van der Waals surface area contributed by atoms with Gasteiger partial charge < -0.3 is 4.90 Å². The largest absolute Gasteiger partial charge is 0.356 e. The van der Waals surface area contributed by atoms with E-state index >= 15 is 0 Å². The number of aromatic nitrogens is 2. The Kier molecular flexibility index (Phi) is 4.18. The summed E-state index contributed by atoms with van der Waals surface area (Å²) in [6.45, 7) is 6.30. The first-order valence-corrected chi connectivity index (χ1v) is 7.17. The fraction of sp³-hybridized carbons (Fsp3) is 0.500. The molecule has 92 valence electrons. The van der Waals surface area contributed by atoms with Crippen molar-refractivity contribution in [2.45, 2.75) is 26.7 Å². The summed E-state index contributed by atoms with van der Waals surface area (Å²) >= 11 is 7.58. The molecule has 0 N–H and O–H groups in total. The number of thiophene rings is 1. The molecule has 2 aromatic rings. The van der Waals surface area contributed by atoms with Gasteiger partial charge in [-0.3, -0.25) is 0 Å². The van der Waals surface area contributed by atoms with E-state index in [1.165, 1.54) is 12.8 Å². The second kappa shape index (κ2) is 5.65. The Morgan fingerprint density at radius 3 is 2.88 bits per heavy atom. The van der Waals surface area contributed by atoms with E-state index in [0.29, 0.717) is 5.28 Å². The lowest BCUT2D eigenvalue weighted by Gasteiger charge is -2.22. The summed E-state index contributed by atoms with van der Waals surface area (Å²) in [5.74, 6) is 0.970. The van der Waals surface area contributed by atoms with Crippen molar-refractivity contribution in [1.29, 1.82) is 0 Å². The molecule has 0 saturated carbocycles. The van der Waals surface area contributed by atoms with Gasteiger partial charge in [-0.25, -0.2) is 4.98 Å². The molecule has 5 heteroatoms. The van der Waals surface area contributed by atoms with E-state index < -0.39 is 0 Å². The Morgan fingerprint density at radius 2 is 2.18 bits per heavy atom. The third-order valence-corrected chi connectivity index (χ3v) is 3.72. The minimum atomic E-state index is 0.338. The summed E-state index contributed by atoms with van der Waals surface area (Å²) in [5.41, 5.74) is 0. The smallest absolute Gasteiger partial charge is 0.225 e. The summed E-state index contributed by atoms with van der Waals surface area (Å²) in [6.07, 6.45) is 2.35. The lowest BCUT2D eigenvalue weighted by molar-refractivity contribution is 0.726. The van der Waals surface area contributed by atoms with E-state index in [-0.39, 0.29) is 0 Å². The molecule has 0 aliphatic rings. The second-order valence-corrected chi connectivity index (χ2v) is 5.12. The molecule has 2 aromatic heterocycles. The number of hydrogen-bond acceptors (Lipinski definition) is 4. The van der Waals surface area contributed by atoms with E-state index in [2.05, 4.69) is 34.8 Å². The monoisotopic (exact) mass is 269 g/mol. The minimum absolute atomic E-state index is 0.338. The van der Waals surface area contributed by atoms with Gasteiger partial charge in [-0.15, -0.1) is 11.3 Å². The zero-order chi connectivity index (χ0) is 12.3. The van der Waals surface area contributed by atoms with Crippen molar-refractivity contribution in [1.82, 2.24) is 9.97 Å². The van der Waals surface area contributed by atoms with Crippen LogP contribution in [0.2, 0.25) is 5.28 Å². The molecular formula is C12H16ClN3S. The van der Waals surface area contributed by atoms with E-state index in [1.54, 1.807) is 11.3 Å². The molecule has 0 bridgehead atoms. The Balaban J connectivity index is 2.40. The molecule has 0 radical (unpaired) electrons. The number of nitrogens with zero attached hydrogens (tertiary/aromatic N) is 3. The third kappa shape index (κ3) is 2.69. The van der Waals surface area contributed by atoms with Crippen LogP contribution in [0.4, 0.5) is 5.82 Å². The van der Waals surface area contributed by atoms with Gasteiger partial charge in [0, 0.05) is 13.1 Å². The molecule has 0 unspecified atom stereocenters. The maximum absolute atomic E-state index is 5.97. The van der Waals surface area contributed by atoms with Crippen molar-refractivity contribution < 1.29 is 0 Å². The standard InChI is InChI=1S/C12H16ClN3S/c1-3-5-7-16(4-2)10-9-6-8-17-11(9)15-12(13)14-10/h6,8H,3-5,7H2,1-2H3. The first-order chi connectivity index (χ1) is 8.26. The topological polar surface area (TPSA) is 29.0 Å². The van der Waals surface area contributed by atoms with Crippen molar-refractivity contribution in [3.05, 3.63) is 16.7 Å². The quantitative estimate of drug-likeness (QED) is 0.769. The van der Waals surface area contributed by atoms with Crippen LogP contribution in [0, 0.1) is 0 Å². The van der Waals surface area contributed by atoms with E-state index in [4.69, 9.17) is 11.6 Å². The number of unbranched alkanes of at least 4 members (excludes halogenated alkanes) is 1. The molecule has 0 amide bonds. The fourth-order valence-electron chi connectivity index (χ4n) is 1.82. The Labute approximate surface area is 110 Å². The van der Waals surface area contributed by atoms with Crippen LogP contribution in [0.3, 0.4) is 0 Å². The van der Waals surface area contributed by atoms with E-state index in [0.717, 1.165) is 29.1 Å². The van der Waals surface area contributed by atoms with Gasteiger partial charge in [0.05, 0.1) is 5.39 Å². The number of fused-ring (bicyclic) bond motifs is 1. The van der Waals surface area contributed by atoms with Gasteiger partial charge in [0.25, 0.3) is 0 Å². The van der Waals surface area contributed by atoms with Gasteiger partial charge in [0.1, 0.15) is 10.6 Å². The first-order valence-electron chi connectivity index (χ1n) is 5.92. The van der Waals surface area contributed by atoms with Crippen molar-refractivity contribution >= 4 is 39.0 Å². The van der Waals surface area contributed by atoms with Crippen LogP contribution in [0.1, 0.15) is 26.7 Å². The fourth-order valence-corrected chi connectivity index (χ4v) is 2.79. The summed E-state index contributed by atoms with van der Waals surface area (Å²) in [7, 11) is 0. The molecule has 0 atom stereocenters. The number of rotatable bonds is 5. The average molecular weight is 270 g/mol. The van der Waals surface area contributed by atoms with E-state index in [1.807, 2.05) is 5.38 Å². The SMILES string of the molecule is CCCCN(CC)c1nc(Cl)nc2sccc12. The Morgan fingerprint density at radius 1 is 1.35 bits per heavy atom. The predicted molar refractivity (Wildman–Crippen MR) is 75.2 cm³/mol. The summed E-state index contributed by atoms with van der Waals surface area (Å²) in [5, 5.41) is 3.48. The lowest BCUT2D eigenvalue weighted by atomic mass is 10.3. The third-order valence-electron chi connectivity index (χ3n) is 2.74. The number of anilines is 1. The van der Waals surface area contributed by atoms with Gasteiger partial charge in [-0.2, -0.15) is 4.98 Å². The summed E-state index contributed by atoms with van der Waals surface area (Å²) in [4.78, 5) is 11.9. The highest BCUT2D eigenvalue weighted by molar-refractivity contribution is 7.16. The number of halogens is 1. The average Bonchev–Trinajstić information content (AvgIpc) is 2.77. The minimum Gasteiger partial charge on any atom is -0.356 e. The zero-order valence-electron chi connectivity index (χ0n) is 10.1. The van der Waals surface area contributed by atoms with Gasteiger partial charge in [-0.1, -0.05) is 13.3 Å². The van der Waals surface area contributed by atoms with E-state index in [9.17, 15) is 0 Å². The maximum Gasteiger partial charge on any atom is 0.225 e. The molecule has 3 nitrogen and oxygen atoms in total. The Bertz CT molecular complexity index is 497. The maximum atomic E-state index is 5.97. The molecule has 2 rings (SSSR count). The first kappa shape index (κ1) is 12.6. The van der Waals surface area contributed by atoms with Crippen LogP contribution in [0.5, 0.6) is 0 Å². The molecule has 0 aromatic carbocycles. The van der Waals surface area contributed by atoms with Crippen LogP contribution in [0.25, 0.3) is 10.2 Å². The highest BCUT2D eigenvalue weighted by Crippen LogP contribution is 2.29. The van der Waals surface area contributed by atoms with Gasteiger partial charge >= 0.3 is 0 Å². The van der Waals surface area contributed by atoms with Gasteiger partial charge in [-0.05, 0) is 36.4 Å². The van der Waals surface area contributed by atoms with Crippen molar-refractivity contribution in [2.75, 3.05) is 18.0 Å². The Hall–Kier alpha value is -0.870. The molecule has 0 spiro atoms. The highest BCUT2D eigenvalue weighted by Gasteiger charge is 2.13. The molecule has 0 fully saturated rings. The van der Waals surface area contributed by atoms with Crippen LogP contribution in [-0.4, -0.2) is 23.1 Å². The molecule has 17 heavy (non-hydrogen) atoms. The molecule has 2 heterocycles. The summed E-state index contributed by atoms with van der Waals surface area (Å²) in [6, 6.07) is 2.07.